The van der Waals surface area contributed by atoms with Crippen LogP contribution in [0, 0.1) is 0 Å². The van der Waals surface area contributed by atoms with Crippen LogP contribution in [0.15, 0.2) is 12.1 Å². The number of hydrogen-bond donors (Lipinski definition) is 2. The fourth-order valence-electron chi connectivity index (χ4n) is 0.609. The Labute approximate surface area is 61.3 Å². The maximum absolute atomic E-state index is 8.91. The summed E-state index contributed by atoms with van der Waals surface area (Å²) in [5.74, 6) is -0.231. The molecule has 46 valence electrons. The molecule has 4 radical (unpaired) electrons. The number of hydrogen-bond acceptors (Lipinski definition) is 2. The van der Waals surface area contributed by atoms with Crippen molar-refractivity contribution >= 4 is 26.6 Å². The fraction of sp³-hybridized carbons (Fsp3) is 0. The Morgan fingerprint density at radius 2 is 1.20 bits per heavy atom. The first-order valence-electron chi connectivity index (χ1n) is 2.68. The molecule has 0 heterocycles. The van der Waals surface area contributed by atoms with Gasteiger partial charge in [0.05, 0.1) is 0 Å². The van der Waals surface area contributed by atoms with Crippen molar-refractivity contribution < 1.29 is 10.2 Å². The highest BCUT2D eigenvalue weighted by Crippen LogP contribution is 2.06. The normalized spacial score (nSPS) is 9.60. The maximum atomic E-state index is 8.91. The van der Waals surface area contributed by atoms with Crippen molar-refractivity contribution in [2.75, 3.05) is 0 Å². The molecule has 0 spiro atoms. The standard InChI is InChI=1S/C6H4B2O2/c7-3-1-5(9)4(8)2-6(3)10/h1-2,9-10H. The minimum absolute atomic E-state index is 0.115. The Balaban J connectivity index is 3.28. The van der Waals surface area contributed by atoms with Gasteiger partial charge >= 0.3 is 0 Å². The van der Waals surface area contributed by atoms with E-state index in [0.717, 1.165) is 0 Å². The van der Waals surface area contributed by atoms with E-state index in [1.54, 1.807) is 0 Å². The van der Waals surface area contributed by atoms with Gasteiger partial charge in [-0.1, -0.05) is 10.9 Å². The van der Waals surface area contributed by atoms with E-state index in [2.05, 4.69) is 0 Å². The molecule has 1 aromatic carbocycles. The van der Waals surface area contributed by atoms with Crippen molar-refractivity contribution in [2.24, 2.45) is 0 Å². The van der Waals surface area contributed by atoms with Crippen LogP contribution in [-0.2, 0) is 0 Å². The summed E-state index contributed by atoms with van der Waals surface area (Å²) in [7, 11) is 10.4. The molecule has 0 atom stereocenters. The molecule has 1 aromatic rings. The zero-order chi connectivity index (χ0) is 7.72. The summed E-state index contributed by atoms with van der Waals surface area (Å²) in [6, 6.07) is 2.40. The van der Waals surface area contributed by atoms with Crippen molar-refractivity contribution in [3.8, 4) is 11.5 Å². The molecule has 10 heavy (non-hydrogen) atoms. The summed E-state index contributed by atoms with van der Waals surface area (Å²) >= 11 is 0. The van der Waals surface area contributed by atoms with E-state index in [4.69, 9.17) is 25.9 Å². The van der Waals surface area contributed by atoms with E-state index in [0.29, 0.717) is 0 Å². The molecule has 0 aliphatic heterocycles. The van der Waals surface area contributed by atoms with Crippen molar-refractivity contribution in [2.45, 2.75) is 0 Å². The fourth-order valence-corrected chi connectivity index (χ4v) is 0.609. The summed E-state index contributed by atoms with van der Waals surface area (Å²) in [6.07, 6.45) is 0. The van der Waals surface area contributed by atoms with Gasteiger partial charge in [0.2, 0.25) is 0 Å². The number of phenolic OH excluding ortho intramolecular Hbond substituents is 2. The lowest BCUT2D eigenvalue weighted by molar-refractivity contribution is 0.467. The molecule has 0 aliphatic rings. The van der Waals surface area contributed by atoms with E-state index in [1.807, 2.05) is 0 Å². The number of benzene rings is 1. The van der Waals surface area contributed by atoms with Crippen LogP contribution >= 0.6 is 0 Å². The summed E-state index contributed by atoms with van der Waals surface area (Å²) in [4.78, 5) is 0. The zero-order valence-corrected chi connectivity index (χ0v) is 5.20. The average Bonchev–Trinajstić information content (AvgIpc) is 1.84. The Hall–Kier alpha value is -1.05. The molecule has 0 saturated heterocycles. The third kappa shape index (κ3) is 1.10. The lowest BCUT2D eigenvalue weighted by Gasteiger charge is -2.02. The van der Waals surface area contributed by atoms with Crippen molar-refractivity contribution in [1.82, 2.24) is 0 Å². The number of phenols is 2. The highest BCUT2D eigenvalue weighted by Gasteiger charge is 1.99. The van der Waals surface area contributed by atoms with Crippen LogP contribution < -0.4 is 10.9 Å². The molecule has 1 rings (SSSR count). The molecule has 0 fully saturated rings. The van der Waals surface area contributed by atoms with Gasteiger partial charge < -0.3 is 10.2 Å². The van der Waals surface area contributed by atoms with Crippen LogP contribution in [0.3, 0.4) is 0 Å². The van der Waals surface area contributed by atoms with Gasteiger partial charge in [-0.25, -0.2) is 0 Å². The third-order valence-corrected chi connectivity index (χ3v) is 1.18. The zero-order valence-electron chi connectivity index (χ0n) is 5.20. The predicted octanol–water partition coefficient (Wildman–Crippen LogP) is -1.31. The molecule has 2 N–H and O–H groups in total. The van der Waals surface area contributed by atoms with Crippen LogP contribution in [0.1, 0.15) is 0 Å². The second-order valence-electron chi connectivity index (χ2n) is 1.97. The highest BCUT2D eigenvalue weighted by atomic mass is 16.3. The Kier molecular flexibility index (Phi) is 1.62. The summed E-state index contributed by atoms with van der Waals surface area (Å²) in [5.41, 5.74) is 0.235. The quantitative estimate of drug-likeness (QED) is 0.337. The van der Waals surface area contributed by atoms with Crippen LogP contribution in [-0.4, -0.2) is 25.9 Å². The minimum atomic E-state index is -0.115. The highest BCUT2D eigenvalue weighted by molar-refractivity contribution is 6.38. The predicted molar refractivity (Wildman–Crippen MR) is 40.5 cm³/mol. The molecule has 0 aliphatic carbocycles. The summed E-state index contributed by atoms with van der Waals surface area (Å²) < 4.78 is 0. The summed E-state index contributed by atoms with van der Waals surface area (Å²) in [5, 5.41) is 17.8. The van der Waals surface area contributed by atoms with Crippen molar-refractivity contribution in [3.05, 3.63) is 12.1 Å². The summed E-state index contributed by atoms with van der Waals surface area (Å²) in [6.45, 7) is 0. The lowest BCUT2D eigenvalue weighted by atomic mass is 9.87. The second-order valence-corrected chi connectivity index (χ2v) is 1.97. The smallest absolute Gasteiger partial charge is 0.119 e. The molecule has 0 amide bonds. The van der Waals surface area contributed by atoms with E-state index < -0.39 is 0 Å². The van der Waals surface area contributed by atoms with Gasteiger partial charge in [-0.15, -0.1) is 0 Å². The first-order valence-corrected chi connectivity index (χ1v) is 2.68. The first kappa shape index (κ1) is 7.06. The van der Waals surface area contributed by atoms with Gasteiger partial charge in [0, 0.05) is 0 Å². The van der Waals surface area contributed by atoms with Gasteiger partial charge in [-0.2, -0.15) is 0 Å². The molecule has 2 nitrogen and oxygen atoms in total. The van der Waals surface area contributed by atoms with Gasteiger partial charge in [-0.3, -0.25) is 0 Å². The monoisotopic (exact) mass is 130 g/mol. The van der Waals surface area contributed by atoms with Crippen LogP contribution in [0.4, 0.5) is 0 Å². The molecular weight excluding hydrogens is 126 g/mol. The second kappa shape index (κ2) is 2.29. The van der Waals surface area contributed by atoms with Crippen LogP contribution in [0.5, 0.6) is 11.5 Å². The number of aromatic hydroxyl groups is 2. The van der Waals surface area contributed by atoms with Gasteiger partial charge in [0.1, 0.15) is 27.2 Å². The largest absolute Gasteiger partial charge is 0.509 e. The lowest BCUT2D eigenvalue weighted by Crippen LogP contribution is -2.10. The Bertz CT molecular complexity index is 210. The number of rotatable bonds is 0. The van der Waals surface area contributed by atoms with Crippen molar-refractivity contribution in [1.29, 1.82) is 0 Å². The van der Waals surface area contributed by atoms with Gasteiger partial charge in [0.15, 0.2) is 0 Å². The minimum Gasteiger partial charge on any atom is -0.509 e. The average molecular weight is 130 g/mol. The SMILES string of the molecule is [B]c1cc(O)c([B])cc1O. The molecule has 4 heteroatoms. The van der Waals surface area contributed by atoms with Crippen LogP contribution in [0.2, 0.25) is 0 Å². The van der Waals surface area contributed by atoms with E-state index in [9.17, 15) is 0 Å². The van der Waals surface area contributed by atoms with E-state index in [-0.39, 0.29) is 22.4 Å². The van der Waals surface area contributed by atoms with Crippen molar-refractivity contribution in [3.63, 3.8) is 0 Å². The molecule has 0 bridgehead atoms. The molecule has 0 saturated carbocycles. The maximum Gasteiger partial charge on any atom is 0.119 e. The Morgan fingerprint density at radius 3 is 1.50 bits per heavy atom. The first-order chi connectivity index (χ1) is 4.61. The molecule has 0 aromatic heterocycles. The van der Waals surface area contributed by atoms with Gasteiger partial charge in [0.25, 0.3) is 0 Å². The molecular formula is C6H4B2O2. The van der Waals surface area contributed by atoms with Gasteiger partial charge in [-0.05, 0) is 12.1 Å². The Morgan fingerprint density at radius 1 is 0.900 bits per heavy atom. The third-order valence-electron chi connectivity index (χ3n) is 1.18. The molecule has 0 unspecified atom stereocenters. The topological polar surface area (TPSA) is 40.5 Å². The van der Waals surface area contributed by atoms with Crippen LogP contribution in [0.25, 0.3) is 0 Å². The van der Waals surface area contributed by atoms with E-state index in [1.165, 1.54) is 12.1 Å². The van der Waals surface area contributed by atoms with E-state index >= 15 is 0 Å².